The predicted molar refractivity (Wildman–Crippen MR) is 167 cm³/mol. The van der Waals surface area contributed by atoms with Gasteiger partial charge in [-0.25, -0.2) is 4.68 Å². The minimum absolute atomic E-state index is 0.226. The number of benzene rings is 3. The van der Waals surface area contributed by atoms with Crippen LogP contribution in [0.4, 0.5) is 13.2 Å². The van der Waals surface area contributed by atoms with E-state index < -0.39 is 23.1 Å². The summed E-state index contributed by atoms with van der Waals surface area (Å²) in [7, 11) is 0. The summed E-state index contributed by atoms with van der Waals surface area (Å²) in [5.41, 5.74) is 12.3. The molecule has 1 aliphatic heterocycles. The number of hydrogen-bond donors (Lipinski definition) is 1. The average Bonchev–Trinajstić information content (AvgIpc) is 3.30. The molecule has 2 N–H and O–H groups in total. The molecule has 0 fully saturated rings. The second-order valence-electron chi connectivity index (χ2n) is 12.8. The molecule has 2 atom stereocenters. The summed E-state index contributed by atoms with van der Waals surface area (Å²) in [6.07, 6.45) is -2.90. The van der Waals surface area contributed by atoms with Crippen LogP contribution in [0.2, 0.25) is 0 Å². The van der Waals surface area contributed by atoms with Gasteiger partial charge in [0, 0.05) is 32.1 Å². The summed E-state index contributed by atoms with van der Waals surface area (Å²) in [6.45, 7) is 14.0. The zero-order valence-electron chi connectivity index (χ0n) is 26.4. The van der Waals surface area contributed by atoms with Crippen LogP contribution >= 0.6 is 0 Å². The number of primary amides is 1. The van der Waals surface area contributed by atoms with Crippen molar-refractivity contribution >= 4 is 16.9 Å². The zero-order valence-corrected chi connectivity index (χ0v) is 26.4. The third-order valence-corrected chi connectivity index (χ3v) is 9.61. The smallest absolute Gasteiger partial charge is 0.369 e. The molecule has 0 saturated carbocycles. The number of carbonyl (C=O) groups excluding carboxylic acids is 1. The Balaban J connectivity index is 1.58. The molecular formula is C35H42F3N5O. The van der Waals surface area contributed by atoms with Crippen LogP contribution in [-0.2, 0) is 37.0 Å². The van der Waals surface area contributed by atoms with E-state index in [1.165, 1.54) is 12.1 Å². The van der Waals surface area contributed by atoms with Crippen LogP contribution in [-0.4, -0.2) is 32.3 Å². The number of rotatable bonds is 8. The lowest BCUT2D eigenvalue weighted by molar-refractivity contribution is -0.138. The Kier molecular flexibility index (Phi) is 8.64. The van der Waals surface area contributed by atoms with E-state index in [0.717, 1.165) is 50.8 Å². The van der Waals surface area contributed by atoms with Gasteiger partial charge in [0.1, 0.15) is 5.52 Å². The Morgan fingerprint density at radius 1 is 1.09 bits per heavy atom. The number of amides is 1. The van der Waals surface area contributed by atoms with Gasteiger partial charge in [0.15, 0.2) is 0 Å². The number of alkyl halides is 3. The molecule has 0 spiro atoms. The highest BCUT2D eigenvalue weighted by atomic mass is 19.4. The maximum atomic E-state index is 14.1. The number of nitrogens with zero attached hydrogens (tertiary/aromatic N) is 4. The third-order valence-electron chi connectivity index (χ3n) is 9.61. The minimum Gasteiger partial charge on any atom is -0.369 e. The molecule has 1 aromatic heterocycles. The van der Waals surface area contributed by atoms with Crippen LogP contribution in [0.3, 0.4) is 0 Å². The van der Waals surface area contributed by atoms with Crippen LogP contribution in [0.1, 0.15) is 84.5 Å². The molecule has 0 saturated heterocycles. The van der Waals surface area contributed by atoms with Crippen LogP contribution in [0.5, 0.6) is 0 Å². The van der Waals surface area contributed by atoms with E-state index in [4.69, 9.17) is 5.73 Å². The van der Waals surface area contributed by atoms with Crippen LogP contribution in [0.25, 0.3) is 11.0 Å². The number of fused-ring (bicyclic) bond motifs is 2. The van der Waals surface area contributed by atoms with Crippen molar-refractivity contribution in [2.75, 3.05) is 6.54 Å². The van der Waals surface area contributed by atoms with E-state index in [-0.39, 0.29) is 18.4 Å². The summed E-state index contributed by atoms with van der Waals surface area (Å²) in [5.74, 6) is -0.549. The van der Waals surface area contributed by atoms with Crippen molar-refractivity contribution in [1.29, 1.82) is 0 Å². The molecule has 9 heteroatoms. The summed E-state index contributed by atoms with van der Waals surface area (Å²) in [5, 5.41) is 8.73. The first-order valence-corrected chi connectivity index (χ1v) is 15.4. The molecule has 0 aliphatic carbocycles. The molecule has 0 radical (unpaired) electrons. The van der Waals surface area contributed by atoms with Gasteiger partial charge in [0.2, 0.25) is 5.91 Å². The molecule has 44 heavy (non-hydrogen) atoms. The van der Waals surface area contributed by atoms with Gasteiger partial charge in [0.05, 0.1) is 16.5 Å². The second-order valence-corrected chi connectivity index (χ2v) is 12.8. The van der Waals surface area contributed by atoms with E-state index in [0.29, 0.717) is 31.6 Å². The summed E-state index contributed by atoms with van der Waals surface area (Å²) < 4.78 is 44.1. The Bertz CT molecular complexity index is 1690. The van der Waals surface area contributed by atoms with E-state index >= 15 is 0 Å². The van der Waals surface area contributed by atoms with Crippen molar-refractivity contribution in [1.82, 2.24) is 19.9 Å². The first kappa shape index (κ1) is 31.7. The van der Waals surface area contributed by atoms with Crippen molar-refractivity contribution in [2.45, 2.75) is 86.1 Å². The maximum Gasteiger partial charge on any atom is 0.416 e. The van der Waals surface area contributed by atoms with E-state index in [2.05, 4.69) is 28.2 Å². The van der Waals surface area contributed by atoms with Gasteiger partial charge < -0.3 is 5.73 Å². The Labute approximate surface area is 257 Å². The number of nitrogens with two attached hydrogens (primary N) is 1. The van der Waals surface area contributed by atoms with Crippen molar-refractivity contribution in [3.63, 3.8) is 0 Å². The van der Waals surface area contributed by atoms with Gasteiger partial charge in [-0.3, -0.25) is 9.69 Å². The summed E-state index contributed by atoms with van der Waals surface area (Å²) in [6, 6.07) is 14.8. The molecule has 0 bridgehead atoms. The molecule has 1 amide bonds. The highest BCUT2D eigenvalue weighted by molar-refractivity contribution is 5.84. The van der Waals surface area contributed by atoms with Crippen molar-refractivity contribution in [2.24, 2.45) is 17.1 Å². The number of carbonyl (C=O) groups is 1. The molecule has 1 aliphatic rings. The van der Waals surface area contributed by atoms with Gasteiger partial charge in [-0.1, -0.05) is 68.8 Å². The van der Waals surface area contributed by atoms with E-state index in [1.807, 2.05) is 69.6 Å². The normalized spacial score (nSPS) is 17.0. The molecule has 2 heterocycles. The van der Waals surface area contributed by atoms with Crippen molar-refractivity contribution in [3.05, 3.63) is 93.0 Å². The van der Waals surface area contributed by atoms with Crippen LogP contribution in [0.15, 0.2) is 48.5 Å². The first-order valence-electron chi connectivity index (χ1n) is 15.4. The second kappa shape index (κ2) is 12.0. The van der Waals surface area contributed by atoms with Crippen molar-refractivity contribution in [3.8, 4) is 0 Å². The highest BCUT2D eigenvalue weighted by Gasteiger charge is 2.39. The van der Waals surface area contributed by atoms with Crippen molar-refractivity contribution < 1.29 is 18.0 Å². The Hall–Kier alpha value is -3.72. The number of hydrogen-bond acceptors (Lipinski definition) is 4. The Morgan fingerprint density at radius 3 is 2.50 bits per heavy atom. The predicted octanol–water partition coefficient (Wildman–Crippen LogP) is 7.31. The standard InChI is InChI=1S/C35H42F3N5O/c1-7-23-16-24-10-9-11-29(35(36,37)38)28(24)20-42(18-23)19-26-17-25(13-12-21(26)3)31(34(5,6)33(39)44)27-14-15-30-32(22(27)4)40-41-43(30)8-2/h9-15,17,23,31H,7-8,16,18-20H2,1-6H3,(H2,39,44). The van der Waals surface area contributed by atoms with E-state index in [1.54, 1.807) is 0 Å². The number of halogens is 3. The summed E-state index contributed by atoms with van der Waals surface area (Å²) in [4.78, 5) is 15.1. The SMILES string of the molecule is CCC1Cc2cccc(C(F)(F)F)c2CN(Cc2cc(C(c3ccc4c(nnn4CC)c3C)C(C)(C)C(N)=O)ccc2C)C1. The molecule has 234 valence electrons. The fraction of sp³-hybridized carbons (Fsp3) is 0.457. The largest absolute Gasteiger partial charge is 0.416 e. The molecule has 3 aromatic carbocycles. The van der Waals surface area contributed by atoms with Gasteiger partial charge in [0.25, 0.3) is 0 Å². The lowest BCUT2D eigenvalue weighted by Crippen LogP contribution is -2.38. The fourth-order valence-corrected chi connectivity index (χ4v) is 6.84. The fourth-order valence-electron chi connectivity index (χ4n) is 6.84. The molecule has 4 aromatic rings. The van der Waals surface area contributed by atoms with Crippen LogP contribution < -0.4 is 5.73 Å². The Morgan fingerprint density at radius 2 is 1.84 bits per heavy atom. The van der Waals surface area contributed by atoms with Gasteiger partial charge in [-0.05, 0) is 84.2 Å². The summed E-state index contributed by atoms with van der Waals surface area (Å²) >= 11 is 0. The number of aryl methyl sites for hydroxylation is 3. The zero-order chi connectivity index (χ0) is 32.0. The lowest BCUT2D eigenvalue weighted by atomic mass is 9.69. The topological polar surface area (TPSA) is 77.0 Å². The third kappa shape index (κ3) is 5.86. The first-order chi connectivity index (χ1) is 20.8. The van der Waals surface area contributed by atoms with Gasteiger partial charge >= 0.3 is 6.18 Å². The monoisotopic (exact) mass is 605 g/mol. The highest BCUT2D eigenvalue weighted by Crippen LogP contribution is 2.44. The average molecular weight is 606 g/mol. The minimum atomic E-state index is -4.41. The number of aromatic nitrogens is 3. The molecule has 6 nitrogen and oxygen atoms in total. The molecule has 5 rings (SSSR count). The van der Waals surface area contributed by atoms with Gasteiger partial charge in [-0.15, -0.1) is 5.10 Å². The quantitative estimate of drug-likeness (QED) is 0.228. The van der Waals surface area contributed by atoms with Crippen LogP contribution in [0, 0.1) is 25.2 Å². The lowest BCUT2D eigenvalue weighted by Gasteiger charge is -2.34. The molecule has 2 unspecified atom stereocenters. The van der Waals surface area contributed by atoms with E-state index in [9.17, 15) is 18.0 Å². The molecular weight excluding hydrogens is 563 g/mol. The van der Waals surface area contributed by atoms with Gasteiger partial charge in [-0.2, -0.15) is 13.2 Å². The maximum absolute atomic E-state index is 14.1.